The van der Waals surface area contributed by atoms with Gasteiger partial charge in [0.25, 0.3) is 0 Å². The molecule has 0 saturated heterocycles. The Kier molecular flexibility index (Phi) is 6.21. The second kappa shape index (κ2) is 8.16. The number of hydrogen-bond acceptors (Lipinski definition) is 2. The minimum absolute atomic E-state index is 0.260. The van der Waals surface area contributed by atoms with Crippen LogP contribution in [-0.4, -0.2) is 25.8 Å². The molecule has 0 fully saturated rings. The third kappa shape index (κ3) is 4.05. The smallest absolute Gasteiger partial charge is 0.0724 e. The second-order valence-electron chi connectivity index (χ2n) is 5.59. The predicted molar refractivity (Wildman–Crippen MR) is 90.8 cm³/mol. The van der Waals surface area contributed by atoms with Crippen molar-refractivity contribution in [2.75, 3.05) is 13.7 Å². The third-order valence-electron chi connectivity index (χ3n) is 4.13. The van der Waals surface area contributed by atoms with Crippen molar-refractivity contribution in [3.63, 3.8) is 0 Å². The average molecular weight is 285 g/mol. The maximum atomic E-state index is 5.68. The van der Waals surface area contributed by atoms with Crippen molar-refractivity contribution in [3.8, 4) is 0 Å². The lowest BCUT2D eigenvalue weighted by Gasteiger charge is -2.27. The zero-order chi connectivity index (χ0) is 15.1. The number of rotatable bonds is 8. The first kappa shape index (κ1) is 16.0. The summed E-state index contributed by atoms with van der Waals surface area (Å²) in [6.45, 7) is 5.43. The molecule has 2 unspecified atom stereocenters. The van der Waals surface area contributed by atoms with Crippen LogP contribution in [0.25, 0.3) is 10.8 Å². The van der Waals surface area contributed by atoms with Gasteiger partial charge in [-0.3, -0.25) is 0 Å². The van der Waals surface area contributed by atoms with E-state index in [2.05, 4.69) is 61.6 Å². The van der Waals surface area contributed by atoms with Crippen LogP contribution in [0.3, 0.4) is 0 Å². The summed E-state index contributed by atoms with van der Waals surface area (Å²) < 4.78 is 5.68. The summed E-state index contributed by atoms with van der Waals surface area (Å²) in [5, 5.41) is 6.33. The normalized spacial score (nSPS) is 14.2. The summed E-state index contributed by atoms with van der Waals surface area (Å²) >= 11 is 0. The molecule has 2 aromatic carbocycles. The maximum Gasteiger partial charge on any atom is 0.0724 e. The van der Waals surface area contributed by atoms with Crippen LogP contribution < -0.4 is 5.32 Å². The lowest BCUT2D eigenvalue weighted by molar-refractivity contribution is 0.0654. The predicted octanol–water partition coefficient (Wildman–Crippen LogP) is 4.18. The molecule has 0 aliphatic carbocycles. The molecule has 21 heavy (non-hydrogen) atoms. The molecule has 0 bridgehead atoms. The van der Waals surface area contributed by atoms with E-state index in [4.69, 9.17) is 4.74 Å². The fraction of sp³-hybridized carbons (Fsp3) is 0.474. The monoisotopic (exact) mass is 285 g/mol. The first-order valence-electron chi connectivity index (χ1n) is 8.03. The molecule has 0 aliphatic heterocycles. The highest BCUT2D eigenvalue weighted by atomic mass is 16.5. The fourth-order valence-corrected chi connectivity index (χ4v) is 2.99. The Labute approximate surface area is 128 Å². The largest absolute Gasteiger partial charge is 0.380 e. The number of benzene rings is 2. The average Bonchev–Trinajstić information content (AvgIpc) is 2.53. The summed E-state index contributed by atoms with van der Waals surface area (Å²) in [5.74, 6) is 0. The number of ether oxygens (including phenoxy) is 1. The van der Waals surface area contributed by atoms with Gasteiger partial charge in [-0.15, -0.1) is 0 Å². The molecule has 0 saturated carbocycles. The molecule has 2 aromatic rings. The highest BCUT2D eigenvalue weighted by Crippen LogP contribution is 2.21. The van der Waals surface area contributed by atoms with Gasteiger partial charge >= 0.3 is 0 Å². The molecule has 0 aromatic heterocycles. The molecule has 2 heteroatoms. The number of methoxy groups -OCH3 is 1. The van der Waals surface area contributed by atoms with E-state index in [0.717, 1.165) is 25.8 Å². The summed E-state index contributed by atoms with van der Waals surface area (Å²) in [4.78, 5) is 0. The van der Waals surface area contributed by atoms with Gasteiger partial charge in [-0.1, -0.05) is 56.3 Å². The van der Waals surface area contributed by atoms with Crippen LogP contribution in [0, 0.1) is 0 Å². The Morgan fingerprint density at radius 1 is 1.05 bits per heavy atom. The van der Waals surface area contributed by atoms with Gasteiger partial charge in [0.1, 0.15) is 0 Å². The van der Waals surface area contributed by atoms with E-state index >= 15 is 0 Å². The SMILES string of the molecule is CCCNC(Cc1cccc2ccccc12)C(CC)OC. The Morgan fingerprint density at radius 3 is 2.52 bits per heavy atom. The molecule has 0 aliphatic rings. The van der Waals surface area contributed by atoms with E-state index in [1.54, 1.807) is 0 Å². The molecule has 114 valence electrons. The molecule has 0 spiro atoms. The van der Waals surface area contributed by atoms with Crippen LogP contribution in [0.4, 0.5) is 0 Å². The standard InChI is InChI=1S/C19H27NO/c1-4-13-20-18(19(5-2)21-3)14-16-11-8-10-15-9-6-7-12-17(15)16/h6-12,18-20H,4-5,13-14H2,1-3H3. The van der Waals surface area contributed by atoms with Crippen molar-refractivity contribution in [1.82, 2.24) is 5.32 Å². The number of nitrogens with one attached hydrogen (secondary N) is 1. The quantitative estimate of drug-likeness (QED) is 0.786. The van der Waals surface area contributed by atoms with Crippen LogP contribution in [0.5, 0.6) is 0 Å². The third-order valence-corrected chi connectivity index (χ3v) is 4.13. The zero-order valence-electron chi connectivity index (χ0n) is 13.4. The van der Waals surface area contributed by atoms with Crippen molar-refractivity contribution >= 4 is 10.8 Å². The lowest BCUT2D eigenvalue weighted by atomic mass is 9.95. The molecule has 0 heterocycles. The maximum absolute atomic E-state index is 5.68. The Hall–Kier alpha value is -1.38. The molecule has 2 atom stereocenters. The van der Waals surface area contributed by atoms with E-state index < -0.39 is 0 Å². The zero-order valence-corrected chi connectivity index (χ0v) is 13.4. The van der Waals surface area contributed by atoms with E-state index in [1.165, 1.54) is 16.3 Å². The van der Waals surface area contributed by atoms with E-state index in [0.29, 0.717) is 6.04 Å². The Morgan fingerprint density at radius 2 is 1.81 bits per heavy atom. The van der Waals surface area contributed by atoms with Crippen LogP contribution in [0.15, 0.2) is 42.5 Å². The second-order valence-corrected chi connectivity index (χ2v) is 5.59. The van der Waals surface area contributed by atoms with Gasteiger partial charge in [0, 0.05) is 13.2 Å². The minimum Gasteiger partial charge on any atom is -0.380 e. The molecular formula is C19H27NO. The van der Waals surface area contributed by atoms with Gasteiger partial charge in [-0.2, -0.15) is 0 Å². The van der Waals surface area contributed by atoms with Crippen molar-refractivity contribution in [3.05, 3.63) is 48.0 Å². The van der Waals surface area contributed by atoms with Gasteiger partial charge in [-0.25, -0.2) is 0 Å². The van der Waals surface area contributed by atoms with Gasteiger partial charge in [0.2, 0.25) is 0 Å². The molecule has 0 radical (unpaired) electrons. The van der Waals surface area contributed by atoms with E-state index in [9.17, 15) is 0 Å². The summed E-state index contributed by atoms with van der Waals surface area (Å²) in [7, 11) is 1.82. The van der Waals surface area contributed by atoms with Crippen molar-refractivity contribution < 1.29 is 4.74 Å². The van der Waals surface area contributed by atoms with Crippen molar-refractivity contribution in [1.29, 1.82) is 0 Å². The van der Waals surface area contributed by atoms with Gasteiger partial charge in [0.15, 0.2) is 0 Å². The number of hydrogen-bond donors (Lipinski definition) is 1. The highest BCUT2D eigenvalue weighted by Gasteiger charge is 2.20. The van der Waals surface area contributed by atoms with E-state index in [-0.39, 0.29) is 6.10 Å². The van der Waals surface area contributed by atoms with E-state index in [1.807, 2.05) is 7.11 Å². The van der Waals surface area contributed by atoms with Crippen LogP contribution >= 0.6 is 0 Å². The number of fused-ring (bicyclic) bond motifs is 1. The van der Waals surface area contributed by atoms with Crippen LogP contribution in [-0.2, 0) is 11.2 Å². The van der Waals surface area contributed by atoms with Gasteiger partial charge in [0.05, 0.1) is 6.10 Å². The van der Waals surface area contributed by atoms with Gasteiger partial charge < -0.3 is 10.1 Å². The summed E-state index contributed by atoms with van der Waals surface area (Å²) in [5.41, 5.74) is 1.40. The fourth-order valence-electron chi connectivity index (χ4n) is 2.99. The molecule has 1 N–H and O–H groups in total. The topological polar surface area (TPSA) is 21.3 Å². The lowest BCUT2D eigenvalue weighted by Crippen LogP contribution is -2.42. The molecule has 2 nitrogen and oxygen atoms in total. The molecular weight excluding hydrogens is 258 g/mol. The Bertz CT molecular complexity index is 543. The summed E-state index contributed by atoms with van der Waals surface area (Å²) in [6.07, 6.45) is 3.44. The summed E-state index contributed by atoms with van der Waals surface area (Å²) in [6, 6.07) is 15.6. The highest BCUT2D eigenvalue weighted by molar-refractivity contribution is 5.85. The first-order valence-corrected chi connectivity index (χ1v) is 8.03. The van der Waals surface area contributed by atoms with Crippen molar-refractivity contribution in [2.45, 2.75) is 45.3 Å². The van der Waals surface area contributed by atoms with Crippen LogP contribution in [0.1, 0.15) is 32.3 Å². The Balaban J connectivity index is 2.25. The van der Waals surface area contributed by atoms with Gasteiger partial charge in [-0.05, 0) is 42.1 Å². The first-order chi connectivity index (χ1) is 10.3. The van der Waals surface area contributed by atoms with Crippen LogP contribution in [0.2, 0.25) is 0 Å². The van der Waals surface area contributed by atoms with Crippen molar-refractivity contribution in [2.24, 2.45) is 0 Å². The minimum atomic E-state index is 0.260. The molecule has 0 amide bonds. The molecule has 2 rings (SSSR count).